The van der Waals surface area contributed by atoms with Crippen LogP contribution in [0, 0.1) is 5.92 Å². The van der Waals surface area contributed by atoms with E-state index in [0.717, 1.165) is 12.0 Å². The number of ether oxygens (including phenoxy) is 1. The average molecular weight is 373 g/mol. The second kappa shape index (κ2) is 5.91. The number of nitrogens with zero attached hydrogens (tertiary/aromatic N) is 1. The lowest BCUT2D eigenvalue weighted by atomic mass is 9.95. The minimum Gasteiger partial charge on any atom is -0.497 e. The van der Waals surface area contributed by atoms with E-state index in [1.807, 2.05) is 13.0 Å². The molecule has 1 aromatic heterocycles. The summed E-state index contributed by atoms with van der Waals surface area (Å²) >= 11 is 0. The molecular weight excluding hydrogens is 354 g/mol. The Morgan fingerprint density at radius 1 is 1.12 bits per heavy atom. The van der Waals surface area contributed by atoms with Gasteiger partial charge in [0.15, 0.2) is 0 Å². The third-order valence-electron chi connectivity index (χ3n) is 4.68. The van der Waals surface area contributed by atoms with Crippen LogP contribution in [-0.4, -0.2) is 32.0 Å². The van der Waals surface area contributed by atoms with Gasteiger partial charge in [-0.1, -0.05) is 6.92 Å². The van der Waals surface area contributed by atoms with Crippen molar-refractivity contribution in [3.63, 3.8) is 0 Å². The van der Waals surface area contributed by atoms with E-state index in [9.17, 15) is 13.2 Å². The zero-order valence-corrected chi connectivity index (χ0v) is 15.3. The van der Waals surface area contributed by atoms with Crippen LogP contribution in [0.2, 0.25) is 0 Å². The van der Waals surface area contributed by atoms with Gasteiger partial charge in [0, 0.05) is 6.54 Å². The van der Waals surface area contributed by atoms with Gasteiger partial charge < -0.3 is 14.7 Å². The number of H-pyrrole nitrogens is 2. The van der Waals surface area contributed by atoms with Crippen LogP contribution in [0.25, 0.3) is 11.0 Å². The Morgan fingerprint density at radius 2 is 1.88 bits per heavy atom. The summed E-state index contributed by atoms with van der Waals surface area (Å²) in [7, 11) is -2.16. The highest BCUT2D eigenvalue weighted by Gasteiger charge is 2.32. The smallest absolute Gasteiger partial charge is 0.323 e. The fraction of sp³-hybridized carbons (Fsp3) is 0.278. The molecule has 8 heteroatoms. The molecule has 0 radical (unpaired) electrons. The zero-order valence-electron chi connectivity index (χ0n) is 14.4. The summed E-state index contributed by atoms with van der Waals surface area (Å²) in [6.45, 7) is 2.43. The molecule has 136 valence electrons. The molecule has 2 N–H and O–H groups in total. The third-order valence-corrected chi connectivity index (χ3v) is 6.45. The summed E-state index contributed by atoms with van der Waals surface area (Å²) in [5.41, 5.74) is 2.30. The predicted molar refractivity (Wildman–Crippen MR) is 99.3 cm³/mol. The first-order chi connectivity index (χ1) is 12.4. The van der Waals surface area contributed by atoms with Gasteiger partial charge in [0.05, 0.1) is 28.7 Å². The first kappa shape index (κ1) is 16.7. The molecule has 0 spiro atoms. The van der Waals surface area contributed by atoms with Gasteiger partial charge in [-0.25, -0.2) is 13.2 Å². The van der Waals surface area contributed by atoms with Crippen molar-refractivity contribution in [2.75, 3.05) is 18.0 Å². The number of anilines is 1. The van der Waals surface area contributed by atoms with Crippen LogP contribution in [0.1, 0.15) is 12.5 Å². The molecule has 0 aliphatic carbocycles. The Balaban J connectivity index is 1.83. The zero-order chi connectivity index (χ0) is 18.5. The lowest BCUT2D eigenvalue weighted by Crippen LogP contribution is -2.39. The molecule has 26 heavy (non-hydrogen) atoms. The summed E-state index contributed by atoms with van der Waals surface area (Å²) in [5, 5.41) is 0. The van der Waals surface area contributed by atoms with Crippen molar-refractivity contribution in [2.24, 2.45) is 5.92 Å². The molecule has 0 bridgehead atoms. The number of benzene rings is 2. The van der Waals surface area contributed by atoms with E-state index in [0.29, 0.717) is 29.0 Å². The monoisotopic (exact) mass is 373 g/mol. The van der Waals surface area contributed by atoms with Gasteiger partial charge in [0.1, 0.15) is 5.75 Å². The van der Waals surface area contributed by atoms with Gasteiger partial charge in [-0.05, 0) is 54.3 Å². The largest absolute Gasteiger partial charge is 0.497 e. The maximum atomic E-state index is 13.3. The average Bonchev–Trinajstić information content (AvgIpc) is 2.99. The predicted octanol–water partition coefficient (Wildman–Crippen LogP) is 2.25. The molecular formula is C18H19N3O4S. The first-order valence-electron chi connectivity index (χ1n) is 8.30. The molecule has 1 aliphatic heterocycles. The fourth-order valence-corrected chi connectivity index (χ4v) is 5.09. The topological polar surface area (TPSA) is 95.3 Å². The van der Waals surface area contributed by atoms with Crippen molar-refractivity contribution in [1.82, 2.24) is 9.97 Å². The van der Waals surface area contributed by atoms with Gasteiger partial charge in [0.25, 0.3) is 10.0 Å². The third kappa shape index (κ3) is 2.66. The molecule has 4 rings (SSSR count). The number of fused-ring (bicyclic) bond motifs is 2. The van der Waals surface area contributed by atoms with Gasteiger partial charge in [-0.3, -0.25) is 4.31 Å². The van der Waals surface area contributed by atoms with Gasteiger partial charge in [-0.15, -0.1) is 0 Å². The van der Waals surface area contributed by atoms with Gasteiger partial charge in [0.2, 0.25) is 0 Å². The molecule has 2 heterocycles. The highest BCUT2D eigenvalue weighted by molar-refractivity contribution is 7.92. The molecule has 0 saturated heterocycles. The summed E-state index contributed by atoms with van der Waals surface area (Å²) in [6, 6.07) is 10.1. The van der Waals surface area contributed by atoms with Crippen LogP contribution in [0.15, 0.2) is 46.1 Å². The molecule has 1 unspecified atom stereocenters. The summed E-state index contributed by atoms with van der Waals surface area (Å²) in [4.78, 5) is 16.8. The fourth-order valence-electron chi connectivity index (χ4n) is 3.44. The normalized spacial score (nSPS) is 17.3. The number of hydrogen-bond donors (Lipinski definition) is 2. The minimum absolute atomic E-state index is 0.149. The number of hydrogen-bond acceptors (Lipinski definition) is 4. The van der Waals surface area contributed by atoms with E-state index >= 15 is 0 Å². The molecule has 2 aromatic carbocycles. The molecule has 1 aliphatic rings. The van der Waals surface area contributed by atoms with Gasteiger partial charge in [-0.2, -0.15) is 0 Å². The van der Waals surface area contributed by atoms with Gasteiger partial charge >= 0.3 is 5.69 Å². The second-order valence-electron chi connectivity index (χ2n) is 6.63. The summed E-state index contributed by atoms with van der Waals surface area (Å²) in [5.74, 6) is 0.890. The first-order valence-corrected chi connectivity index (χ1v) is 9.74. The Morgan fingerprint density at radius 3 is 2.65 bits per heavy atom. The maximum Gasteiger partial charge on any atom is 0.323 e. The van der Waals surface area contributed by atoms with Crippen LogP contribution < -0.4 is 14.7 Å². The number of aromatic nitrogens is 2. The highest BCUT2D eigenvalue weighted by Crippen LogP contribution is 2.36. The quantitative estimate of drug-likeness (QED) is 0.736. The molecule has 1 atom stereocenters. The van der Waals surface area contributed by atoms with Crippen LogP contribution in [0.5, 0.6) is 5.75 Å². The van der Waals surface area contributed by atoms with Crippen molar-refractivity contribution < 1.29 is 13.2 Å². The van der Waals surface area contributed by atoms with E-state index in [2.05, 4.69) is 9.97 Å². The van der Waals surface area contributed by atoms with Crippen molar-refractivity contribution in [3.8, 4) is 5.75 Å². The van der Waals surface area contributed by atoms with E-state index in [1.54, 1.807) is 25.3 Å². The molecule has 7 nitrogen and oxygen atoms in total. The Kier molecular flexibility index (Phi) is 3.80. The van der Waals surface area contributed by atoms with Crippen LogP contribution >= 0.6 is 0 Å². The molecule has 3 aromatic rings. The Bertz CT molecular complexity index is 1150. The number of rotatable bonds is 3. The lowest BCUT2D eigenvalue weighted by Gasteiger charge is -2.34. The second-order valence-corrected chi connectivity index (χ2v) is 8.49. The van der Waals surface area contributed by atoms with E-state index < -0.39 is 10.0 Å². The van der Waals surface area contributed by atoms with E-state index in [1.165, 1.54) is 16.4 Å². The molecule has 0 saturated carbocycles. The molecule has 0 fully saturated rings. The van der Waals surface area contributed by atoms with Crippen molar-refractivity contribution in [2.45, 2.75) is 18.2 Å². The SMILES string of the molecule is COc1ccc2c(c1)CC(C)CN2S(=O)(=O)c1ccc2[nH]c(=O)[nH]c2c1. The van der Waals surface area contributed by atoms with E-state index in [4.69, 9.17) is 4.74 Å². The lowest BCUT2D eigenvalue weighted by molar-refractivity contribution is 0.413. The van der Waals surface area contributed by atoms with Crippen LogP contribution in [0.4, 0.5) is 5.69 Å². The molecule has 0 amide bonds. The Hall–Kier alpha value is -2.74. The number of imidazole rings is 1. The maximum absolute atomic E-state index is 13.3. The van der Waals surface area contributed by atoms with E-state index in [-0.39, 0.29) is 16.5 Å². The van der Waals surface area contributed by atoms with Crippen LogP contribution in [-0.2, 0) is 16.4 Å². The van der Waals surface area contributed by atoms with Crippen molar-refractivity contribution >= 4 is 26.7 Å². The van der Waals surface area contributed by atoms with Crippen LogP contribution in [0.3, 0.4) is 0 Å². The number of nitrogens with one attached hydrogen (secondary N) is 2. The standard InChI is InChI=1S/C18H19N3O4S/c1-11-7-12-8-13(25-2)3-6-17(12)21(10-11)26(23,24)14-4-5-15-16(9-14)20-18(22)19-15/h3-6,8-9,11H,7,10H2,1-2H3,(H2,19,20,22). The Labute approximate surface area is 150 Å². The minimum atomic E-state index is -3.75. The summed E-state index contributed by atoms with van der Waals surface area (Å²) in [6.07, 6.45) is 0.794. The number of methoxy groups -OCH3 is 1. The number of aromatic amines is 2. The van der Waals surface area contributed by atoms with Crippen molar-refractivity contribution in [1.29, 1.82) is 0 Å². The van der Waals surface area contributed by atoms with Crippen molar-refractivity contribution in [3.05, 3.63) is 52.4 Å². The highest BCUT2D eigenvalue weighted by atomic mass is 32.2. The number of sulfonamides is 1. The summed E-state index contributed by atoms with van der Waals surface area (Å²) < 4.78 is 33.3.